The van der Waals surface area contributed by atoms with Gasteiger partial charge in [0.1, 0.15) is 5.00 Å². The zero-order chi connectivity index (χ0) is 29.0. The van der Waals surface area contributed by atoms with Gasteiger partial charge in [0.2, 0.25) is 10.0 Å². The summed E-state index contributed by atoms with van der Waals surface area (Å²) in [5.74, 6) is -0.458. The van der Waals surface area contributed by atoms with Gasteiger partial charge in [0.15, 0.2) is 0 Å². The minimum absolute atomic E-state index is 0.0775. The minimum atomic E-state index is -3.66. The third-order valence-corrected chi connectivity index (χ3v) is 10.6. The Bertz CT molecular complexity index is 1480. The quantitative estimate of drug-likeness (QED) is 0.400. The molecule has 0 unspecified atom stereocenters. The fraction of sp³-hybridized carbons (Fsp3) is 0.400. The van der Waals surface area contributed by atoms with Gasteiger partial charge in [0, 0.05) is 56.3 Å². The van der Waals surface area contributed by atoms with E-state index >= 15 is 0 Å². The molecule has 0 aliphatic carbocycles. The number of anilines is 1. The first-order valence-electron chi connectivity index (χ1n) is 14.0. The zero-order valence-corrected chi connectivity index (χ0v) is 25.1. The average Bonchev–Trinajstić information content (AvgIpc) is 3.35. The number of nitrogens with one attached hydrogen (secondary N) is 1. The molecule has 2 amide bonds. The maximum Gasteiger partial charge on any atom is 0.257 e. The van der Waals surface area contributed by atoms with Crippen LogP contribution in [0.1, 0.15) is 50.6 Å². The van der Waals surface area contributed by atoms with Gasteiger partial charge in [-0.3, -0.25) is 14.5 Å². The first kappa shape index (κ1) is 29.4. The van der Waals surface area contributed by atoms with E-state index in [2.05, 4.69) is 22.3 Å². The fourth-order valence-corrected chi connectivity index (χ4v) is 7.99. The van der Waals surface area contributed by atoms with Gasteiger partial charge in [0.05, 0.1) is 23.7 Å². The second kappa shape index (κ2) is 12.8. The number of thiophene rings is 1. The van der Waals surface area contributed by atoms with Gasteiger partial charge in [-0.2, -0.15) is 4.31 Å². The summed E-state index contributed by atoms with van der Waals surface area (Å²) in [7, 11) is -3.66. The average molecular weight is 597 g/mol. The van der Waals surface area contributed by atoms with Crippen LogP contribution in [0.2, 0.25) is 0 Å². The molecule has 2 aliphatic rings. The normalized spacial score (nSPS) is 16.2. The van der Waals surface area contributed by atoms with Gasteiger partial charge in [-0.15, -0.1) is 11.3 Å². The molecule has 1 fully saturated rings. The second-order valence-corrected chi connectivity index (χ2v) is 13.2. The summed E-state index contributed by atoms with van der Waals surface area (Å²) >= 11 is 1.46. The number of ether oxygens (including phenoxy) is 1. The van der Waals surface area contributed by atoms with Crippen molar-refractivity contribution in [1.82, 2.24) is 14.1 Å². The van der Waals surface area contributed by atoms with Gasteiger partial charge < -0.3 is 15.0 Å². The van der Waals surface area contributed by atoms with Crippen molar-refractivity contribution in [3.63, 3.8) is 0 Å². The van der Waals surface area contributed by atoms with Crippen LogP contribution in [-0.2, 0) is 34.3 Å². The third-order valence-electron chi connectivity index (χ3n) is 7.60. The molecule has 1 N–H and O–H groups in total. The zero-order valence-electron chi connectivity index (χ0n) is 23.5. The molecule has 3 aromatic rings. The number of hydrogen-bond donors (Lipinski definition) is 1. The molecule has 11 heteroatoms. The van der Waals surface area contributed by atoms with E-state index in [4.69, 9.17) is 4.74 Å². The van der Waals surface area contributed by atoms with Gasteiger partial charge in [0.25, 0.3) is 11.8 Å². The topological polar surface area (TPSA) is 99.3 Å². The number of fused-ring (bicyclic) bond motifs is 1. The molecule has 0 bridgehead atoms. The van der Waals surface area contributed by atoms with Crippen molar-refractivity contribution in [2.24, 2.45) is 0 Å². The van der Waals surface area contributed by atoms with Crippen molar-refractivity contribution in [2.45, 2.75) is 38.3 Å². The fourth-order valence-electron chi connectivity index (χ4n) is 5.31. The first-order valence-corrected chi connectivity index (χ1v) is 16.3. The highest BCUT2D eigenvalue weighted by Gasteiger charge is 2.31. The molecular formula is C30H36N4O5S2. The van der Waals surface area contributed by atoms with Crippen LogP contribution in [0.4, 0.5) is 5.00 Å². The molecule has 9 nitrogen and oxygen atoms in total. The minimum Gasteiger partial charge on any atom is -0.379 e. The standard InChI is InChI=1S/C30H36N4O5S2/c1-3-33(4-2)30(36)27-25-14-15-32(20-22-8-6-5-7-9-22)21-26(25)40-29(27)31-28(35)23-10-12-24(13-11-23)41(37,38)34-16-18-39-19-17-34/h5-13H,3-4,14-21H2,1-2H3,(H,31,35). The van der Waals surface area contributed by atoms with E-state index in [9.17, 15) is 18.0 Å². The number of nitrogens with zero attached hydrogens (tertiary/aromatic N) is 3. The maximum atomic E-state index is 13.6. The third kappa shape index (κ3) is 6.39. The monoisotopic (exact) mass is 596 g/mol. The van der Waals surface area contributed by atoms with Crippen molar-refractivity contribution in [3.05, 3.63) is 81.7 Å². The van der Waals surface area contributed by atoms with Crippen molar-refractivity contribution in [2.75, 3.05) is 51.3 Å². The lowest BCUT2D eigenvalue weighted by molar-refractivity contribution is 0.0730. The molecule has 0 spiro atoms. The first-order chi connectivity index (χ1) is 19.8. The van der Waals surface area contributed by atoms with Gasteiger partial charge in [-0.25, -0.2) is 8.42 Å². The molecule has 41 heavy (non-hydrogen) atoms. The van der Waals surface area contributed by atoms with E-state index in [-0.39, 0.29) is 16.7 Å². The molecule has 2 aromatic carbocycles. The summed E-state index contributed by atoms with van der Waals surface area (Å²) in [6.07, 6.45) is 0.727. The van der Waals surface area contributed by atoms with E-state index in [1.54, 1.807) is 4.90 Å². The van der Waals surface area contributed by atoms with E-state index in [0.717, 1.165) is 30.0 Å². The Balaban J connectivity index is 1.38. The molecule has 5 rings (SSSR count). The summed E-state index contributed by atoms with van der Waals surface area (Å²) in [4.78, 5) is 32.4. The van der Waals surface area contributed by atoms with E-state index in [1.807, 2.05) is 32.0 Å². The van der Waals surface area contributed by atoms with Crippen LogP contribution in [-0.4, -0.2) is 80.3 Å². The maximum absolute atomic E-state index is 13.6. The molecular weight excluding hydrogens is 560 g/mol. The van der Waals surface area contributed by atoms with Crippen LogP contribution in [0.25, 0.3) is 0 Å². The predicted octanol–water partition coefficient (Wildman–Crippen LogP) is 4.06. The number of amides is 2. The molecule has 3 heterocycles. The molecule has 2 aliphatic heterocycles. The molecule has 0 atom stereocenters. The molecule has 1 saturated heterocycles. The predicted molar refractivity (Wildman–Crippen MR) is 160 cm³/mol. The second-order valence-electron chi connectivity index (χ2n) is 10.1. The Morgan fingerprint density at radius 3 is 2.32 bits per heavy atom. The number of hydrogen-bond acceptors (Lipinski definition) is 7. The Hall–Kier alpha value is -3.09. The lowest BCUT2D eigenvalue weighted by atomic mass is 10.0. The van der Waals surface area contributed by atoms with Crippen LogP contribution in [0, 0.1) is 0 Å². The van der Waals surface area contributed by atoms with Crippen LogP contribution in [0.15, 0.2) is 59.5 Å². The largest absolute Gasteiger partial charge is 0.379 e. The smallest absolute Gasteiger partial charge is 0.257 e. The summed E-state index contributed by atoms with van der Waals surface area (Å²) in [5.41, 5.74) is 3.15. The number of benzene rings is 2. The number of sulfonamides is 1. The van der Waals surface area contributed by atoms with Gasteiger partial charge in [-0.1, -0.05) is 30.3 Å². The Morgan fingerprint density at radius 1 is 0.976 bits per heavy atom. The van der Waals surface area contributed by atoms with Gasteiger partial charge in [-0.05, 0) is 55.7 Å². The van der Waals surface area contributed by atoms with Crippen LogP contribution >= 0.6 is 11.3 Å². The number of morpholine rings is 1. The SMILES string of the molecule is CCN(CC)C(=O)c1c(NC(=O)c2ccc(S(=O)(=O)N3CCOCC3)cc2)sc2c1CCN(Cc1ccccc1)C2. The number of carbonyl (C=O) groups is 2. The Kier molecular flexibility index (Phi) is 9.20. The highest BCUT2D eigenvalue weighted by Crippen LogP contribution is 2.38. The lowest BCUT2D eigenvalue weighted by Gasteiger charge is -2.28. The van der Waals surface area contributed by atoms with Crippen molar-refractivity contribution < 1.29 is 22.7 Å². The summed E-state index contributed by atoms with van der Waals surface area (Å²) < 4.78 is 32.6. The van der Waals surface area contributed by atoms with Crippen molar-refractivity contribution in [3.8, 4) is 0 Å². The lowest BCUT2D eigenvalue weighted by Crippen LogP contribution is -2.40. The molecule has 1 aromatic heterocycles. The van der Waals surface area contributed by atoms with Crippen molar-refractivity contribution in [1.29, 1.82) is 0 Å². The molecule has 218 valence electrons. The van der Waals surface area contributed by atoms with Crippen LogP contribution < -0.4 is 5.32 Å². The highest BCUT2D eigenvalue weighted by atomic mass is 32.2. The van der Waals surface area contributed by atoms with E-state index in [1.165, 1.54) is 45.5 Å². The van der Waals surface area contributed by atoms with Crippen LogP contribution in [0.3, 0.4) is 0 Å². The summed E-state index contributed by atoms with van der Waals surface area (Å²) in [6.45, 7) is 8.74. The Morgan fingerprint density at radius 2 is 1.66 bits per heavy atom. The molecule has 0 saturated carbocycles. The number of rotatable bonds is 9. The summed E-state index contributed by atoms with van der Waals surface area (Å²) in [5, 5.41) is 3.54. The number of carbonyl (C=O) groups excluding carboxylic acids is 2. The molecule has 0 radical (unpaired) electrons. The van der Waals surface area contributed by atoms with E-state index in [0.29, 0.717) is 62.1 Å². The van der Waals surface area contributed by atoms with E-state index < -0.39 is 10.0 Å². The Labute approximate surface area is 245 Å². The summed E-state index contributed by atoms with van der Waals surface area (Å²) in [6, 6.07) is 16.3. The van der Waals surface area contributed by atoms with Gasteiger partial charge >= 0.3 is 0 Å². The van der Waals surface area contributed by atoms with Crippen molar-refractivity contribution >= 4 is 38.2 Å². The van der Waals surface area contributed by atoms with Crippen LogP contribution in [0.5, 0.6) is 0 Å². The highest BCUT2D eigenvalue weighted by molar-refractivity contribution is 7.89.